The number of nitrogens with zero attached hydrogens (tertiary/aromatic N) is 1. The minimum atomic E-state index is -0.740. The number of rotatable bonds is 6. The maximum atomic E-state index is 12.5. The summed E-state index contributed by atoms with van der Waals surface area (Å²) in [6.07, 6.45) is -0.304. The Morgan fingerprint density at radius 2 is 2.00 bits per heavy atom. The summed E-state index contributed by atoms with van der Waals surface area (Å²) in [7, 11) is 0. The Kier molecular flexibility index (Phi) is 5.98. The van der Waals surface area contributed by atoms with Crippen LogP contribution in [0.15, 0.2) is 36.4 Å². The zero-order valence-corrected chi connectivity index (χ0v) is 15.0. The first kappa shape index (κ1) is 18.7. The van der Waals surface area contributed by atoms with Crippen molar-refractivity contribution in [3.05, 3.63) is 62.7 Å². The van der Waals surface area contributed by atoms with Crippen LogP contribution in [-0.4, -0.2) is 16.9 Å². The lowest BCUT2D eigenvalue weighted by Gasteiger charge is -2.19. The fourth-order valence-electron chi connectivity index (χ4n) is 2.25. The summed E-state index contributed by atoms with van der Waals surface area (Å²) in [4.78, 5) is 22.8. The Labute approximate surface area is 150 Å². The first-order valence-corrected chi connectivity index (χ1v) is 8.18. The Morgan fingerprint density at radius 1 is 1.28 bits per heavy atom. The van der Waals surface area contributed by atoms with Gasteiger partial charge in [-0.1, -0.05) is 30.7 Å². The van der Waals surface area contributed by atoms with Crippen molar-refractivity contribution in [3.63, 3.8) is 0 Å². The molecule has 0 spiro atoms. The summed E-state index contributed by atoms with van der Waals surface area (Å²) >= 11 is 6.02. The van der Waals surface area contributed by atoms with Crippen LogP contribution in [0.1, 0.15) is 24.5 Å². The van der Waals surface area contributed by atoms with Gasteiger partial charge in [0, 0.05) is 12.1 Å². The van der Waals surface area contributed by atoms with Crippen LogP contribution in [0.2, 0.25) is 5.02 Å². The highest BCUT2D eigenvalue weighted by molar-refractivity contribution is 6.33. The molecule has 0 saturated carbocycles. The van der Waals surface area contributed by atoms with Gasteiger partial charge in [0.15, 0.2) is 6.10 Å². The van der Waals surface area contributed by atoms with Crippen molar-refractivity contribution in [3.8, 4) is 5.75 Å². The third kappa shape index (κ3) is 4.70. The van der Waals surface area contributed by atoms with Crippen molar-refractivity contribution in [2.24, 2.45) is 0 Å². The largest absolute Gasteiger partial charge is 0.480 e. The molecule has 0 bridgehead atoms. The minimum absolute atomic E-state index is 0.150. The highest BCUT2D eigenvalue weighted by Gasteiger charge is 2.21. The van der Waals surface area contributed by atoms with E-state index in [9.17, 15) is 14.9 Å². The number of nitro groups is 1. The van der Waals surface area contributed by atoms with E-state index in [1.54, 1.807) is 0 Å². The number of nitrogens with one attached hydrogen (secondary N) is 1. The quantitative estimate of drug-likeness (QED) is 0.598. The van der Waals surface area contributed by atoms with E-state index in [2.05, 4.69) is 5.32 Å². The molecule has 0 aliphatic heterocycles. The second-order valence-electron chi connectivity index (χ2n) is 5.69. The number of anilines is 1. The number of benzene rings is 2. The smallest absolute Gasteiger partial charge is 0.271 e. The van der Waals surface area contributed by atoms with Crippen LogP contribution in [0, 0.1) is 24.0 Å². The fraction of sp³-hybridized carbons (Fsp3) is 0.278. The van der Waals surface area contributed by atoms with Gasteiger partial charge in [-0.05, 0) is 43.5 Å². The summed E-state index contributed by atoms with van der Waals surface area (Å²) in [5, 5.41) is 13.7. The lowest BCUT2D eigenvalue weighted by Crippen LogP contribution is -2.32. The fourth-order valence-corrected chi connectivity index (χ4v) is 2.41. The number of carbonyl (C=O) groups is 1. The van der Waals surface area contributed by atoms with Crippen LogP contribution in [0.25, 0.3) is 0 Å². The maximum absolute atomic E-state index is 12.5. The molecular weight excluding hydrogens is 344 g/mol. The molecule has 6 nitrogen and oxygen atoms in total. The Balaban J connectivity index is 2.19. The highest BCUT2D eigenvalue weighted by Crippen LogP contribution is 2.27. The standard InChI is InChI=1S/C18H19ClN2O4/c1-4-16(25-17-9-11(2)5-6-12(17)3)18(22)20-15-10-13(21(23)24)7-8-14(15)19/h5-10,16H,4H2,1-3H3,(H,20,22)/t16-/m1/s1. The van der Waals surface area contributed by atoms with Crippen LogP contribution in [0.5, 0.6) is 5.75 Å². The van der Waals surface area contributed by atoms with Crippen LogP contribution in [-0.2, 0) is 4.79 Å². The number of non-ortho nitro benzene ring substituents is 1. The van der Waals surface area contributed by atoms with Gasteiger partial charge < -0.3 is 10.1 Å². The lowest BCUT2D eigenvalue weighted by atomic mass is 10.1. The number of carbonyl (C=O) groups excluding carboxylic acids is 1. The predicted molar refractivity (Wildman–Crippen MR) is 97.4 cm³/mol. The normalized spacial score (nSPS) is 11.7. The Morgan fingerprint density at radius 3 is 2.64 bits per heavy atom. The molecule has 1 atom stereocenters. The number of aryl methyl sites for hydroxylation is 2. The van der Waals surface area contributed by atoms with Crippen molar-refractivity contribution in [2.45, 2.75) is 33.3 Å². The first-order chi connectivity index (χ1) is 11.8. The molecule has 0 saturated heterocycles. The molecule has 2 aromatic rings. The summed E-state index contributed by atoms with van der Waals surface area (Å²) < 4.78 is 5.84. The molecule has 132 valence electrons. The van der Waals surface area contributed by atoms with Crippen molar-refractivity contribution in [1.82, 2.24) is 0 Å². The van der Waals surface area contributed by atoms with E-state index in [0.717, 1.165) is 11.1 Å². The maximum Gasteiger partial charge on any atom is 0.271 e. The van der Waals surface area contributed by atoms with Gasteiger partial charge in [-0.2, -0.15) is 0 Å². The minimum Gasteiger partial charge on any atom is -0.480 e. The van der Waals surface area contributed by atoms with E-state index in [4.69, 9.17) is 16.3 Å². The van der Waals surface area contributed by atoms with E-state index < -0.39 is 16.9 Å². The number of halogens is 1. The van der Waals surface area contributed by atoms with Crippen LogP contribution >= 0.6 is 11.6 Å². The van der Waals surface area contributed by atoms with E-state index >= 15 is 0 Å². The number of amides is 1. The van der Waals surface area contributed by atoms with Gasteiger partial charge in [0.25, 0.3) is 11.6 Å². The monoisotopic (exact) mass is 362 g/mol. The van der Waals surface area contributed by atoms with Gasteiger partial charge in [-0.25, -0.2) is 0 Å². The molecule has 0 aromatic heterocycles. The third-order valence-electron chi connectivity index (χ3n) is 3.69. The number of ether oxygens (including phenoxy) is 1. The van der Waals surface area contributed by atoms with Gasteiger partial charge in [-0.3, -0.25) is 14.9 Å². The average molecular weight is 363 g/mol. The molecule has 1 N–H and O–H groups in total. The molecule has 7 heteroatoms. The zero-order chi connectivity index (χ0) is 18.6. The van der Waals surface area contributed by atoms with Crippen molar-refractivity contribution in [1.29, 1.82) is 0 Å². The molecule has 2 aromatic carbocycles. The second-order valence-corrected chi connectivity index (χ2v) is 6.10. The number of hydrogen-bond donors (Lipinski definition) is 1. The van der Waals surface area contributed by atoms with Crippen molar-refractivity contribution < 1.29 is 14.5 Å². The molecule has 0 fully saturated rings. The molecule has 0 unspecified atom stereocenters. The highest BCUT2D eigenvalue weighted by atomic mass is 35.5. The number of hydrogen-bond acceptors (Lipinski definition) is 4. The SMILES string of the molecule is CC[C@@H](Oc1cc(C)ccc1C)C(=O)Nc1cc([N+](=O)[O-])ccc1Cl. The van der Waals surface area contributed by atoms with Gasteiger partial charge in [0.05, 0.1) is 15.6 Å². The van der Waals surface area contributed by atoms with Crippen molar-refractivity contribution >= 4 is 28.9 Å². The van der Waals surface area contributed by atoms with Gasteiger partial charge in [-0.15, -0.1) is 0 Å². The molecule has 25 heavy (non-hydrogen) atoms. The summed E-state index contributed by atoms with van der Waals surface area (Å²) in [5.74, 6) is 0.220. The van der Waals surface area contributed by atoms with E-state index in [-0.39, 0.29) is 16.4 Å². The van der Waals surface area contributed by atoms with Gasteiger partial charge >= 0.3 is 0 Å². The summed E-state index contributed by atoms with van der Waals surface area (Å²) in [5.41, 5.74) is 1.98. The molecule has 0 radical (unpaired) electrons. The van der Waals surface area contributed by atoms with E-state index in [1.165, 1.54) is 18.2 Å². The molecule has 0 heterocycles. The van der Waals surface area contributed by atoms with Gasteiger partial charge in [0.2, 0.25) is 0 Å². The average Bonchev–Trinajstić information content (AvgIpc) is 2.57. The Bertz CT molecular complexity index is 808. The summed E-state index contributed by atoms with van der Waals surface area (Å²) in [6.45, 7) is 5.66. The van der Waals surface area contributed by atoms with Crippen LogP contribution in [0.4, 0.5) is 11.4 Å². The molecule has 1 amide bonds. The van der Waals surface area contributed by atoms with E-state index in [1.807, 2.05) is 39.0 Å². The second kappa shape index (κ2) is 7.98. The first-order valence-electron chi connectivity index (χ1n) is 7.80. The molecule has 2 rings (SSSR count). The Hall–Kier alpha value is -2.60. The predicted octanol–water partition coefficient (Wildman–Crippen LogP) is 4.66. The molecule has 0 aliphatic rings. The lowest BCUT2D eigenvalue weighted by molar-refractivity contribution is -0.384. The topological polar surface area (TPSA) is 81.5 Å². The summed E-state index contributed by atoms with van der Waals surface area (Å²) in [6, 6.07) is 9.64. The number of nitro benzene ring substituents is 1. The molecule has 0 aliphatic carbocycles. The van der Waals surface area contributed by atoms with Crippen LogP contribution < -0.4 is 10.1 Å². The van der Waals surface area contributed by atoms with Crippen molar-refractivity contribution in [2.75, 3.05) is 5.32 Å². The van der Waals surface area contributed by atoms with Crippen LogP contribution in [0.3, 0.4) is 0 Å². The molecular formula is C18H19ClN2O4. The third-order valence-corrected chi connectivity index (χ3v) is 4.02. The van der Waals surface area contributed by atoms with E-state index in [0.29, 0.717) is 12.2 Å². The zero-order valence-electron chi connectivity index (χ0n) is 14.2. The van der Waals surface area contributed by atoms with Gasteiger partial charge in [0.1, 0.15) is 5.75 Å².